The number of carbonyl (C=O) groups is 2. The van der Waals surface area contributed by atoms with Crippen LogP contribution in [0.25, 0.3) is 0 Å². The number of hydrogen-bond donors (Lipinski definition) is 0. The van der Waals surface area contributed by atoms with Crippen LogP contribution in [0.1, 0.15) is 45.1 Å². The molecule has 0 aliphatic carbocycles. The first-order chi connectivity index (χ1) is 20.3. The molecule has 0 N–H and O–H groups in total. The number of nitrogens with zero attached hydrogens (tertiary/aromatic N) is 4. The number of ether oxygens (including phenoxy) is 2. The molecule has 2 heterocycles. The van der Waals surface area contributed by atoms with E-state index >= 15 is 0 Å². The van der Waals surface area contributed by atoms with Crippen LogP contribution in [0.4, 0.5) is 0 Å². The van der Waals surface area contributed by atoms with E-state index < -0.39 is 0 Å². The summed E-state index contributed by atoms with van der Waals surface area (Å²) in [5, 5.41) is 7.03. The molecule has 5 rings (SSSR count). The van der Waals surface area contributed by atoms with E-state index in [1.54, 1.807) is 41.3 Å². The van der Waals surface area contributed by atoms with Gasteiger partial charge in [-0.2, -0.15) is 5.10 Å². The number of amides is 2. The van der Waals surface area contributed by atoms with Crippen molar-refractivity contribution in [2.45, 2.75) is 26.3 Å². The van der Waals surface area contributed by atoms with Crippen LogP contribution < -0.4 is 4.74 Å². The summed E-state index contributed by atoms with van der Waals surface area (Å²) < 4.78 is 10.7. The van der Waals surface area contributed by atoms with Crippen molar-refractivity contribution >= 4 is 29.1 Å². The zero-order valence-corrected chi connectivity index (χ0v) is 25.1. The lowest BCUT2D eigenvalue weighted by atomic mass is 9.96. The lowest BCUT2D eigenvalue weighted by Gasteiger charge is -2.31. The number of hydrogen-bond acceptors (Lipinski definition) is 6. The molecule has 2 aliphatic rings. The van der Waals surface area contributed by atoms with Crippen LogP contribution in [0.2, 0.25) is 5.02 Å². The number of morpholine rings is 1. The average molecular weight is 589 g/mol. The maximum atomic E-state index is 14.0. The fourth-order valence-electron chi connectivity index (χ4n) is 5.27. The van der Waals surface area contributed by atoms with Gasteiger partial charge >= 0.3 is 0 Å². The normalized spacial score (nSPS) is 17.2. The predicted octanol–water partition coefficient (Wildman–Crippen LogP) is 5.12. The van der Waals surface area contributed by atoms with Crippen molar-refractivity contribution in [1.29, 1.82) is 0 Å². The number of hydrazone groups is 1. The number of halogens is 1. The van der Waals surface area contributed by atoms with E-state index in [4.69, 9.17) is 26.2 Å². The highest BCUT2D eigenvalue weighted by Gasteiger charge is 2.35. The minimum absolute atomic E-state index is 0.0942. The molecule has 3 aromatic rings. The predicted molar refractivity (Wildman–Crippen MR) is 164 cm³/mol. The summed E-state index contributed by atoms with van der Waals surface area (Å²) in [5.74, 6) is 0.219. The Balaban J connectivity index is 1.42. The van der Waals surface area contributed by atoms with Crippen LogP contribution in [-0.4, -0.2) is 85.4 Å². The van der Waals surface area contributed by atoms with Crippen LogP contribution in [0.3, 0.4) is 0 Å². The van der Waals surface area contributed by atoms with Gasteiger partial charge in [0.2, 0.25) is 0 Å². The topological polar surface area (TPSA) is 74.7 Å². The van der Waals surface area contributed by atoms with Gasteiger partial charge in [-0.1, -0.05) is 35.9 Å². The third-order valence-corrected chi connectivity index (χ3v) is 8.25. The van der Waals surface area contributed by atoms with Crippen LogP contribution in [0.15, 0.2) is 71.8 Å². The number of benzene rings is 3. The molecular weight excluding hydrogens is 552 g/mol. The molecule has 9 heteroatoms. The van der Waals surface area contributed by atoms with Gasteiger partial charge in [0.05, 0.1) is 32.1 Å². The molecule has 0 aromatic heterocycles. The van der Waals surface area contributed by atoms with Crippen LogP contribution >= 0.6 is 11.6 Å². The van der Waals surface area contributed by atoms with Gasteiger partial charge in [0, 0.05) is 43.2 Å². The fraction of sp³-hybridized carbons (Fsp3) is 0.364. The third-order valence-electron chi connectivity index (χ3n) is 8.00. The van der Waals surface area contributed by atoms with Gasteiger partial charge < -0.3 is 14.4 Å². The van der Waals surface area contributed by atoms with Crippen molar-refractivity contribution in [2.75, 3.05) is 53.0 Å². The molecule has 42 heavy (non-hydrogen) atoms. The Hall–Kier alpha value is -3.72. The van der Waals surface area contributed by atoms with E-state index in [9.17, 15) is 9.59 Å². The van der Waals surface area contributed by atoms with E-state index in [0.717, 1.165) is 29.9 Å². The van der Waals surface area contributed by atoms with Crippen LogP contribution in [0.5, 0.6) is 5.75 Å². The lowest BCUT2D eigenvalue weighted by molar-refractivity contribution is -0.133. The van der Waals surface area contributed by atoms with Gasteiger partial charge in [0.25, 0.3) is 11.8 Å². The molecular formula is C33H37ClN4O4. The minimum atomic E-state index is -0.302. The fourth-order valence-corrected chi connectivity index (χ4v) is 5.40. The van der Waals surface area contributed by atoms with Gasteiger partial charge in [-0.15, -0.1) is 0 Å². The second-order valence-corrected chi connectivity index (χ2v) is 11.2. The Morgan fingerprint density at radius 3 is 2.38 bits per heavy atom. The molecule has 8 nitrogen and oxygen atoms in total. The van der Waals surface area contributed by atoms with Crippen molar-refractivity contribution in [2.24, 2.45) is 5.10 Å². The van der Waals surface area contributed by atoms with Crippen molar-refractivity contribution in [3.05, 3.63) is 99.6 Å². The highest BCUT2D eigenvalue weighted by atomic mass is 35.5. The van der Waals surface area contributed by atoms with Gasteiger partial charge in [-0.25, -0.2) is 5.01 Å². The number of methoxy groups -OCH3 is 1. The van der Waals surface area contributed by atoms with Crippen molar-refractivity contribution < 1.29 is 19.1 Å². The zero-order valence-electron chi connectivity index (χ0n) is 24.4. The molecule has 0 spiro atoms. The van der Waals surface area contributed by atoms with E-state index in [1.165, 1.54) is 11.1 Å². The summed E-state index contributed by atoms with van der Waals surface area (Å²) in [6.07, 6.45) is 0.566. The van der Waals surface area contributed by atoms with Crippen molar-refractivity contribution in [1.82, 2.24) is 14.8 Å². The summed E-state index contributed by atoms with van der Waals surface area (Å²) in [5.41, 5.74) is 5.64. The highest BCUT2D eigenvalue weighted by molar-refractivity contribution is 6.30. The van der Waals surface area contributed by atoms with Gasteiger partial charge in [0.1, 0.15) is 12.3 Å². The SMILES string of the molecule is COc1ccc(C(=O)N(CCN2CCOCC2)CC(=O)N2N=C(c3ccc(C)c(C)c3)C[C@H]2c2ccc(Cl)cc2)cc1. The monoisotopic (exact) mass is 588 g/mol. The molecule has 1 saturated heterocycles. The molecule has 0 unspecified atom stereocenters. The molecule has 2 aliphatic heterocycles. The summed E-state index contributed by atoms with van der Waals surface area (Å²) in [6.45, 7) is 8.04. The Morgan fingerprint density at radius 1 is 1.00 bits per heavy atom. The molecule has 0 radical (unpaired) electrons. The summed E-state index contributed by atoms with van der Waals surface area (Å²) in [7, 11) is 1.59. The third kappa shape index (κ3) is 7.01. The standard InChI is InChI=1S/C33H37ClN4O4/c1-23-4-5-27(20-24(23)2)30-21-31(25-6-10-28(34)11-7-25)38(35-30)32(39)22-37(15-14-36-16-18-42-19-17-36)33(40)26-8-12-29(41-3)13-9-26/h4-13,20,31H,14-19,21-22H2,1-3H3/t31-/m0/s1. The first-order valence-electron chi connectivity index (χ1n) is 14.3. The van der Waals surface area contributed by atoms with Crippen LogP contribution in [0, 0.1) is 13.8 Å². The first kappa shape index (κ1) is 29.8. The highest BCUT2D eigenvalue weighted by Crippen LogP contribution is 2.34. The maximum Gasteiger partial charge on any atom is 0.262 e. The molecule has 0 saturated carbocycles. The quantitative estimate of drug-likeness (QED) is 0.347. The summed E-state index contributed by atoms with van der Waals surface area (Å²) in [4.78, 5) is 31.7. The second kappa shape index (κ2) is 13.5. The Kier molecular flexibility index (Phi) is 9.57. The summed E-state index contributed by atoms with van der Waals surface area (Å²) >= 11 is 6.18. The Labute approximate surface area is 252 Å². The molecule has 1 atom stereocenters. The first-order valence-corrected chi connectivity index (χ1v) is 14.7. The van der Waals surface area contributed by atoms with E-state index in [1.807, 2.05) is 24.3 Å². The molecule has 3 aromatic carbocycles. The zero-order chi connectivity index (χ0) is 29.6. The average Bonchev–Trinajstić information content (AvgIpc) is 3.47. The van der Waals surface area contributed by atoms with Crippen LogP contribution in [-0.2, 0) is 9.53 Å². The molecule has 0 bridgehead atoms. The number of aryl methyl sites for hydroxylation is 2. The smallest absolute Gasteiger partial charge is 0.262 e. The van der Waals surface area contributed by atoms with Crippen molar-refractivity contribution in [3.8, 4) is 5.75 Å². The Morgan fingerprint density at radius 2 is 1.71 bits per heavy atom. The van der Waals surface area contributed by atoms with E-state index in [0.29, 0.717) is 49.1 Å². The van der Waals surface area contributed by atoms with E-state index in [-0.39, 0.29) is 24.4 Å². The largest absolute Gasteiger partial charge is 0.497 e. The second-order valence-electron chi connectivity index (χ2n) is 10.8. The maximum absolute atomic E-state index is 14.0. The molecule has 2 amide bonds. The lowest BCUT2D eigenvalue weighted by Crippen LogP contribution is -2.46. The Bertz CT molecular complexity index is 1440. The van der Waals surface area contributed by atoms with Gasteiger partial charge in [-0.05, 0) is 78.6 Å². The number of rotatable bonds is 9. The van der Waals surface area contributed by atoms with E-state index in [2.05, 4.69) is 36.9 Å². The van der Waals surface area contributed by atoms with Crippen molar-refractivity contribution in [3.63, 3.8) is 0 Å². The number of carbonyl (C=O) groups excluding carboxylic acids is 2. The molecule has 1 fully saturated rings. The van der Waals surface area contributed by atoms with Gasteiger partial charge in [-0.3, -0.25) is 14.5 Å². The summed E-state index contributed by atoms with van der Waals surface area (Å²) in [6, 6.07) is 20.4. The minimum Gasteiger partial charge on any atom is -0.497 e. The molecule has 220 valence electrons. The van der Waals surface area contributed by atoms with Gasteiger partial charge in [0.15, 0.2) is 0 Å².